The third-order valence-corrected chi connectivity index (χ3v) is 2.85. The van der Waals surface area contributed by atoms with Crippen molar-refractivity contribution in [1.29, 1.82) is 0 Å². The average molecular weight is 274 g/mol. The van der Waals surface area contributed by atoms with Gasteiger partial charge in [-0.1, -0.05) is 0 Å². The van der Waals surface area contributed by atoms with Crippen LogP contribution in [0.3, 0.4) is 0 Å². The van der Waals surface area contributed by atoms with Gasteiger partial charge in [-0.15, -0.1) is 0 Å². The molecular formula is C13H14N4O3. The van der Waals surface area contributed by atoms with Crippen LogP contribution in [-0.4, -0.2) is 23.9 Å². The van der Waals surface area contributed by atoms with Gasteiger partial charge in [-0.2, -0.15) is 0 Å². The Labute approximate surface area is 115 Å². The molecule has 20 heavy (non-hydrogen) atoms. The van der Waals surface area contributed by atoms with Gasteiger partial charge in [0.15, 0.2) is 17.3 Å². The molecule has 0 fully saturated rings. The van der Waals surface area contributed by atoms with Crippen molar-refractivity contribution in [3.05, 3.63) is 30.0 Å². The maximum atomic E-state index is 5.43. The van der Waals surface area contributed by atoms with Crippen LogP contribution in [-0.2, 0) is 11.3 Å². The van der Waals surface area contributed by atoms with Gasteiger partial charge in [-0.05, 0) is 18.2 Å². The van der Waals surface area contributed by atoms with Gasteiger partial charge < -0.3 is 19.6 Å². The van der Waals surface area contributed by atoms with Gasteiger partial charge in [-0.25, -0.2) is 15.8 Å². The molecule has 1 aliphatic rings. The fourth-order valence-corrected chi connectivity index (χ4v) is 1.96. The number of nitrogens with two attached hydrogens (primary N) is 1. The van der Waals surface area contributed by atoms with Crippen molar-refractivity contribution >= 4 is 5.82 Å². The molecule has 1 aromatic carbocycles. The minimum Gasteiger partial charge on any atom is -0.454 e. The predicted octanol–water partition coefficient (Wildman–Crippen LogP) is 1.30. The number of nitrogen functional groups attached to an aromatic ring is 1. The van der Waals surface area contributed by atoms with Crippen LogP contribution in [0.2, 0.25) is 0 Å². The Bertz CT molecular complexity index is 633. The first-order chi connectivity index (χ1) is 9.80. The summed E-state index contributed by atoms with van der Waals surface area (Å²) in [5.41, 5.74) is 4.09. The smallest absolute Gasteiger partial charge is 0.231 e. The quantitative estimate of drug-likeness (QED) is 0.641. The third-order valence-electron chi connectivity index (χ3n) is 2.85. The molecule has 0 unspecified atom stereocenters. The lowest BCUT2D eigenvalue weighted by Gasteiger charge is -2.08. The number of fused-ring (bicyclic) bond motifs is 1. The van der Waals surface area contributed by atoms with E-state index in [1.165, 1.54) is 0 Å². The molecule has 2 aromatic rings. The first-order valence-electron chi connectivity index (χ1n) is 6.03. The number of benzene rings is 1. The van der Waals surface area contributed by atoms with Gasteiger partial charge in [-0.3, -0.25) is 0 Å². The Morgan fingerprint density at radius 1 is 1.25 bits per heavy atom. The molecule has 3 rings (SSSR count). The molecule has 0 atom stereocenters. The maximum Gasteiger partial charge on any atom is 0.231 e. The van der Waals surface area contributed by atoms with Gasteiger partial charge >= 0.3 is 0 Å². The van der Waals surface area contributed by atoms with E-state index in [-0.39, 0.29) is 6.79 Å². The average Bonchev–Trinajstić information content (AvgIpc) is 2.94. The van der Waals surface area contributed by atoms with Crippen LogP contribution in [0.25, 0.3) is 11.4 Å². The summed E-state index contributed by atoms with van der Waals surface area (Å²) >= 11 is 0. The second-order valence-electron chi connectivity index (χ2n) is 4.21. The van der Waals surface area contributed by atoms with Gasteiger partial charge in [0, 0.05) is 18.7 Å². The molecule has 104 valence electrons. The molecule has 3 N–H and O–H groups in total. The van der Waals surface area contributed by atoms with Gasteiger partial charge in [0.25, 0.3) is 0 Å². The Balaban J connectivity index is 2.02. The van der Waals surface area contributed by atoms with Crippen LogP contribution in [0.5, 0.6) is 11.5 Å². The summed E-state index contributed by atoms with van der Waals surface area (Å²) in [4.78, 5) is 8.77. The van der Waals surface area contributed by atoms with Crippen molar-refractivity contribution in [2.24, 2.45) is 5.84 Å². The molecule has 0 aliphatic carbocycles. The van der Waals surface area contributed by atoms with Gasteiger partial charge in [0.1, 0.15) is 5.82 Å². The molecule has 0 bridgehead atoms. The van der Waals surface area contributed by atoms with E-state index in [9.17, 15) is 0 Å². The molecule has 0 saturated heterocycles. The largest absolute Gasteiger partial charge is 0.454 e. The summed E-state index contributed by atoms with van der Waals surface area (Å²) < 4.78 is 15.7. The van der Waals surface area contributed by atoms with Crippen LogP contribution in [0.15, 0.2) is 24.3 Å². The molecule has 2 heterocycles. The van der Waals surface area contributed by atoms with Crippen molar-refractivity contribution in [2.45, 2.75) is 6.61 Å². The summed E-state index contributed by atoms with van der Waals surface area (Å²) in [6.45, 7) is 0.619. The first-order valence-corrected chi connectivity index (χ1v) is 6.03. The Kier molecular flexibility index (Phi) is 3.36. The van der Waals surface area contributed by atoms with Crippen LogP contribution in [0.1, 0.15) is 5.69 Å². The topological polar surface area (TPSA) is 91.5 Å². The van der Waals surface area contributed by atoms with Crippen LogP contribution >= 0.6 is 0 Å². The number of hydrogen-bond acceptors (Lipinski definition) is 7. The zero-order valence-corrected chi connectivity index (χ0v) is 10.9. The van der Waals surface area contributed by atoms with Crippen molar-refractivity contribution in [3.63, 3.8) is 0 Å². The maximum absolute atomic E-state index is 5.43. The Hall–Kier alpha value is -2.38. The summed E-state index contributed by atoms with van der Waals surface area (Å²) in [6, 6.07) is 7.29. The highest BCUT2D eigenvalue weighted by molar-refractivity contribution is 5.63. The highest BCUT2D eigenvalue weighted by atomic mass is 16.7. The highest BCUT2D eigenvalue weighted by Gasteiger charge is 2.15. The van der Waals surface area contributed by atoms with Crippen molar-refractivity contribution in [2.75, 3.05) is 19.3 Å². The minimum absolute atomic E-state index is 0.235. The molecule has 1 aliphatic heterocycles. The number of hydrogen-bond donors (Lipinski definition) is 2. The lowest BCUT2D eigenvalue weighted by Crippen LogP contribution is -2.10. The van der Waals surface area contributed by atoms with E-state index >= 15 is 0 Å². The standard InChI is InChI=1S/C13H14N4O3/c1-18-6-9-5-12(17-14)16-13(15-9)8-2-3-10-11(4-8)20-7-19-10/h2-5H,6-7,14H2,1H3,(H,15,16,17). The zero-order valence-electron chi connectivity index (χ0n) is 10.9. The normalized spacial score (nSPS) is 12.5. The summed E-state index contributed by atoms with van der Waals surface area (Å²) in [6.07, 6.45) is 0. The van der Waals surface area contributed by atoms with E-state index < -0.39 is 0 Å². The zero-order chi connectivity index (χ0) is 13.9. The third kappa shape index (κ3) is 2.36. The van der Waals surface area contributed by atoms with Crippen molar-refractivity contribution in [1.82, 2.24) is 9.97 Å². The van der Waals surface area contributed by atoms with E-state index in [0.717, 1.165) is 17.0 Å². The molecule has 7 heteroatoms. The summed E-state index contributed by atoms with van der Waals surface area (Å²) in [7, 11) is 1.61. The monoisotopic (exact) mass is 274 g/mol. The predicted molar refractivity (Wildman–Crippen MR) is 72.1 cm³/mol. The number of ether oxygens (including phenoxy) is 3. The van der Waals surface area contributed by atoms with Gasteiger partial charge in [0.2, 0.25) is 6.79 Å². The van der Waals surface area contributed by atoms with Gasteiger partial charge in [0.05, 0.1) is 12.3 Å². The van der Waals surface area contributed by atoms with Crippen LogP contribution in [0.4, 0.5) is 5.82 Å². The molecule has 7 nitrogen and oxygen atoms in total. The number of methoxy groups -OCH3 is 1. The number of anilines is 1. The molecular weight excluding hydrogens is 260 g/mol. The molecule has 1 aromatic heterocycles. The number of aromatic nitrogens is 2. The second kappa shape index (κ2) is 5.32. The molecule has 0 amide bonds. The van der Waals surface area contributed by atoms with Crippen LogP contribution in [0, 0.1) is 0 Å². The Morgan fingerprint density at radius 3 is 2.90 bits per heavy atom. The molecule has 0 radical (unpaired) electrons. The first kappa shape index (κ1) is 12.6. The molecule has 0 saturated carbocycles. The van der Waals surface area contributed by atoms with E-state index in [2.05, 4.69) is 15.4 Å². The fourth-order valence-electron chi connectivity index (χ4n) is 1.96. The molecule has 0 spiro atoms. The lowest BCUT2D eigenvalue weighted by molar-refractivity contribution is 0.174. The Morgan fingerprint density at radius 2 is 2.10 bits per heavy atom. The second-order valence-corrected chi connectivity index (χ2v) is 4.21. The number of nitrogens with zero attached hydrogens (tertiary/aromatic N) is 2. The van der Waals surface area contributed by atoms with E-state index in [1.54, 1.807) is 13.2 Å². The minimum atomic E-state index is 0.235. The lowest BCUT2D eigenvalue weighted by atomic mass is 10.2. The highest BCUT2D eigenvalue weighted by Crippen LogP contribution is 2.35. The van der Waals surface area contributed by atoms with E-state index in [0.29, 0.717) is 24.0 Å². The summed E-state index contributed by atoms with van der Waals surface area (Å²) in [5, 5.41) is 0. The van der Waals surface area contributed by atoms with Crippen molar-refractivity contribution in [3.8, 4) is 22.9 Å². The van der Waals surface area contributed by atoms with Crippen LogP contribution < -0.4 is 20.7 Å². The number of nitrogens with one attached hydrogen (secondary N) is 1. The van der Waals surface area contributed by atoms with E-state index in [1.807, 2.05) is 18.2 Å². The van der Waals surface area contributed by atoms with Crippen molar-refractivity contribution < 1.29 is 14.2 Å². The SMILES string of the molecule is COCc1cc(NN)nc(-c2ccc3c(c2)OCO3)n1. The summed E-state index contributed by atoms with van der Waals surface area (Å²) in [5.74, 6) is 7.91. The van der Waals surface area contributed by atoms with E-state index in [4.69, 9.17) is 20.1 Å². The fraction of sp³-hybridized carbons (Fsp3) is 0.231. The number of hydrazine groups is 1. The number of rotatable bonds is 4.